The number of hydrogen-bond donors (Lipinski definition) is 2. The monoisotopic (exact) mass is 331 g/mol. The lowest BCUT2D eigenvalue weighted by Crippen LogP contribution is -2.24. The van der Waals surface area contributed by atoms with Gasteiger partial charge in [0, 0.05) is 12.7 Å². The van der Waals surface area contributed by atoms with E-state index >= 15 is 0 Å². The second kappa shape index (κ2) is 8.80. The number of anilines is 1. The van der Waals surface area contributed by atoms with Gasteiger partial charge in [0.05, 0.1) is 5.69 Å². The summed E-state index contributed by atoms with van der Waals surface area (Å²) in [6.07, 6.45) is 5.66. The first-order valence-corrected chi connectivity index (χ1v) is 7.55. The largest absolute Gasteiger partial charge is 0.445 e. The molecule has 0 unspecified atom stereocenters. The number of nitrogens with one attached hydrogen (secondary N) is 1. The summed E-state index contributed by atoms with van der Waals surface area (Å²) in [5, 5.41) is 2.98. The van der Waals surface area contributed by atoms with E-state index in [1.807, 2.05) is 42.5 Å². The van der Waals surface area contributed by atoms with Crippen molar-refractivity contribution in [1.82, 2.24) is 10.3 Å². The summed E-state index contributed by atoms with van der Waals surface area (Å²) in [4.78, 5) is 15.5. The Morgan fingerprint density at radius 3 is 2.87 bits per heavy atom. The molecule has 0 radical (unpaired) electrons. The number of hydrogen-bond acceptors (Lipinski definition) is 4. The third-order valence-corrected chi connectivity index (χ3v) is 3.31. The molecule has 0 atom stereocenters. The van der Waals surface area contributed by atoms with Crippen molar-refractivity contribution >= 4 is 29.5 Å². The van der Waals surface area contributed by atoms with Gasteiger partial charge in [-0.25, -0.2) is 9.78 Å². The van der Waals surface area contributed by atoms with Crippen LogP contribution in [0.1, 0.15) is 17.5 Å². The van der Waals surface area contributed by atoms with Crippen LogP contribution in [0.5, 0.6) is 0 Å². The third-order valence-electron chi connectivity index (χ3n) is 2.99. The van der Waals surface area contributed by atoms with Crippen molar-refractivity contribution in [1.29, 1.82) is 0 Å². The predicted molar refractivity (Wildman–Crippen MR) is 91.9 cm³/mol. The molecule has 23 heavy (non-hydrogen) atoms. The number of nitrogens with two attached hydrogens (primary N) is 1. The number of carbonyl (C=O) groups excluding carboxylic acids is 1. The fourth-order valence-corrected chi connectivity index (χ4v) is 1.93. The minimum absolute atomic E-state index is 0.262. The molecule has 120 valence electrons. The number of nitrogens with zero attached hydrogens (tertiary/aromatic N) is 1. The summed E-state index contributed by atoms with van der Waals surface area (Å²) in [5.74, 6) is 0. The number of ether oxygens (including phenoxy) is 1. The summed E-state index contributed by atoms with van der Waals surface area (Å²) in [6, 6.07) is 11.3. The quantitative estimate of drug-likeness (QED) is 0.625. The SMILES string of the molecule is Nc1cc(C=CCCNC(=O)OCc2ccccc2)cnc1Cl. The fourth-order valence-electron chi connectivity index (χ4n) is 1.82. The van der Waals surface area contributed by atoms with Crippen molar-refractivity contribution in [3.8, 4) is 0 Å². The Morgan fingerprint density at radius 2 is 2.13 bits per heavy atom. The Morgan fingerprint density at radius 1 is 1.35 bits per heavy atom. The number of amides is 1. The van der Waals surface area contributed by atoms with Crippen LogP contribution in [0, 0.1) is 0 Å². The van der Waals surface area contributed by atoms with E-state index in [0.29, 0.717) is 23.8 Å². The molecule has 2 rings (SSSR count). The fraction of sp³-hybridized carbons (Fsp3) is 0.176. The van der Waals surface area contributed by atoms with E-state index in [-0.39, 0.29) is 6.61 Å². The maximum absolute atomic E-state index is 11.5. The zero-order chi connectivity index (χ0) is 16.5. The highest BCUT2D eigenvalue weighted by Gasteiger charge is 2.01. The molecule has 1 amide bonds. The molecule has 1 aromatic carbocycles. The van der Waals surface area contributed by atoms with Crippen molar-refractivity contribution in [3.63, 3.8) is 0 Å². The average molecular weight is 332 g/mol. The first-order chi connectivity index (χ1) is 11.1. The van der Waals surface area contributed by atoms with Crippen LogP contribution < -0.4 is 11.1 Å². The molecule has 5 nitrogen and oxygen atoms in total. The van der Waals surface area contributed by atoms with Gasteiger partial charge in [-0.2, -0.15) is 0 Å². The lowest BCUT2D eigenvalue weighted by Gasteiger charge is -2.05. The van der Waals surface area contributed by atoms with E-state index < -0.39 is 6.09 Å². The van der Waals surface area contributed by atoms with E-state index in [9.17, 15) is 4.79 Å². The average Bonchev–Trinajstić information content (AvgIpc) is 2.57. The smallest absolute Gasteiger partial charge is 0.407 e. The van der Waals surface area contributed by atoms with Crippen LogP contribution >= 0.6 is 11.6 Å². The van der Waals surface area contributed by atoms with E-state index in [0.717, 1.165) is 11.1 Å². The predicted octanol–water partition coefficient (Wildman–Crippen LogP) is 3.65. The molecule has 0 saturated heterocycles. The normalized spacial score (nSPS) is 10.7. The Labute approximate surface area is 140 Å². The Balaban J connectivity index is 1.65. The minimum atomic E-state index is -0.431. The van der Waals surface area contributed by atoms with Crippen LogP contribution in [-0.4, -0.2) is 17.6 Å². The van der Waals surface area contributed by atoms with Gasteiger partial charge in [-0.3, -0.25) is 0 Å². The van der Waals surface area contributed by atoms with Gasteiger partial charge in [0.25, 0.3) is 0 Å². The highest BCUT2D eigenvalue weighted by molar-refractivity contribution is 6.31. The summed E-state index contributed by atoms with van der Waals surface area (Å²) >= 11 is 5.75. The van der Waals surface area contributed by atoms with Crippen molar-refractivity contribution in [2.45, 2.75) is 13.0 Å². The molecule has 0 aliphatic carbocycles. The van der Waals surface area contributed by atoms with Crippen LogP contribution in [0.25, 0.3) is 6.08 Å². The number of nitrogen functional groups attached to an aromatic ring is 1. The second-order valence-corrected chi connectivity index (χ2v) is 5.19. The molecule has 0 aliphatic heterocycles. The van der Waals surface area contributed by atoms with E-state index in [1.54, 1.807) is 12.3 Å². The lowest BCUT2D eigenvalue weighted by molar-refractivity contribution is 0.140. The number of aromatic nitrogens is 1. The number of carbonyl (C=O) groups is 1. The lowest BCUT2D eigenvalue weighted by atomic mass is 10.2. The van der Waals surface area contributed by atoms with Gasteiger partial charge in [-0.15, -0.1) is 0 Å². The van der Waals surface area contributed by atoms with Crippen LogP contribution in [0.2, 0.25) is 5.15 Å². The van der Waals surface area contributed by atoms with Crippen LogP contribution in [-0.2, 0) is 11.3 Å². The Kier molecular flexibility index (Phi) is 6.44. The maximum atomic E-state index is 11.5. The van der Waals surface area contributed by atoms with Gasteiger partial charge in [0.1, 0.15) is 6.61 Å². The molecule has 3 N–H and O–H groups in total. The van der Waals surface area contributed by atoms with E-state index in [2.05, 4.69) is 10.3 Å². The van der Waals surface area contributed by atoms with Crippen LogP contribution in [0.3, 0.4) is 0 Å². The van der Waals surface area contributed by atoms with Gasteiger partial charge in [-0.05, 0) is 23.6 Å². The van der Waals surface area contributed by atoms with Gasteiger partial charge in [0.2, 0.25) is 0 Å². The number of benzene rings is 1. The molecule has 0 bridgehead atoms. The summed E-state index contributed by atoms with van der Waals surface area (Å²) < 4.78 is 5.11. The van der Waals surface area contributed by atoms with Crippen molar-refractivity contribution in [3.05, 3.63) is 65.0 Å². The molecular weight excluding hydrogens is 314 g/mol. The first-order valence-electron chi connectivity index (χ1n) is 7.17. The zero-order valence-corrected chi connectivity index (χ0v) is 13.3. The molecule has 1 aromatic heterocycles. The van der Waals surface area contributed by atoms with Gasteiger partial charge in [0.15, 0.2) is 5.15 Å². The van der Waals surface area contributed by atoms with Crippen molar-refractivity contribution < 1.29 is 9.53 Å². The van der Waals surface area contributed by atoms with Gasteiger partial charge >= 0.3 is 6.09 Å². The molecule has 1 heterocycles. The summed E-state index contributed by atoms with van der Waals surface area (Å²) in [7, 11) is 0. The van der Waals surface area contributed by atoms with E-state index in [4.69, 9.17) is 22.1 Å². The van der Waals surface area contributed by atoms with Gasteiger partial charge in [-0.1, -0.05) is 54.1 Å². The molecule has 2 aromatic rings. The standard InChI is InChI=1S/C17H18ClN3O2/c18-16-15(19)10-14(11-21-16)8-4-5-9-20-17(22)23-12-13-6-2-1-3-7-13/h1-4,6-8,10-11H,5,9,12,19H2,(H,20,22). The highest BCUT2D eigenvalue weighted by Crippen LogP contribution is 2.16. The number of halogens is 1. The molecule has 0 spiro atoms. The topological polar surface area (TPSA) is 77.2 Å². The van der Waals surface area contributed by atoms with Gasteiger partial charge < -0.3 is 15.8 Å². The van der Waals surface area contributed by atoms with Crippen LogP contribution in [0.15, 0.2) is 48.7 Å². The molecule has 0 aliphatic rings. The molecule has 0 fully saturated rings. The molecule has 0 saturated carbocycles. The summed E-state index contributed by atoms with van der Waals surface area (Å²) in [6.45, 7) is 0.749. The maximum Gasteiger partial charge on any atom is 0.407 e. The minimum Gasteiger partial charge on any atom is -0.445 e. The number of pyridine rings is 1. The van der Waals surface area contributed by atoms with Crippen molar-refractivity contribution in [2.24, 2.45) is 0 Å². The highest BCUT2D eigenvalue weighted by atomic mass is 35.5. The number of rotatable bonds is 6. The van der Waals surface area contributed by atoms with E-state index in [1.165, 1.54) is 0 Å². The Hall–Kier alpha value is -2.53. The molecular formula is C17H18ClN3O2. The third kappa shape index (κ3) is 6.00. The second-order valence-electron chi connectivity index (χ2n) is 4.83. The summed E-state index contributed by atoms with van der Waals surface area (Å²) in [5.41, 5.74) is 7.93. The zero-order valence-electron chi connectivity index (χ0n) is 12.5. The molecule has 6 heteroatoms. The first kappa shape index (κ1) is 16.8. The Bertz CT molecular complexity index is 675. The number of alkyl carbamates (subject to hydrolysis) is 1. The van der Waals surface area contributed by atoms with Crippen molar-refractivity contribution in [2.75, 3.05) is 12.3 Å². The van der Waals surface area contributed by atoms with Crippen LogP contribution in [0.4, 0.5) is 10.5 Å².